The van der Waals surface area contributed by atoms with Crippen molar-refractivity contribution in [3.63, 3.8) is 0 Å². The van der Waals surface area contributed by atoms with Crippen LogP contribution in [0.2, 0.25) is 0 Å². The predicted molar refractivity (Wildman–Crippen MR) is 136 cm³/mol. The molecule has 0 bridgehead atoms. The highest BCUT2D eigenvalue weighted by Gasteiger charge is 2.39. The maximum absolute atomic E-state index is 13.2. The second-order valence-corrected chi connectivity index (χ2v) is 8.22. The van der Waals surface area contributed by atoms with Crippen molar-refractivity contribution >= 4 is 34.7 Å². The average Bonchev–Trinajstić information content (AvgIpc) is 3.16. The van der Waals surface area contributed by atoms with Crippen LogP contribution in [0, 0.1) is 0 Å². The number of amides is 1. The SMILES string of the molecule is COc1ccc2ccc(N3C(=O)c4ccccc4C3OCCCN(C)C)nc2n1.O=C(O)/C=C/C(=O)O. The molecule has 4 rings (SSSR count). The monoisotopic (exact) mass is 508 g/mol. The molecule has 1 unspecified atom stereocenters. The average molecular weight is 509 g/mol. The van der Waals surface area contributed by atoms with E-state index in [9.17, 15) is 14.4 Å². The molecule has 0 saturated heterocycles. The van der Waals surface area contributed by atoms with E-state index >= 15 is 0 Å². The van der Waals surface area contributed by atoms with Gasteiger partial charge in [0, 0.05) is 34.7 Å². The standard InChI is InChI=1S/C22H24N4O3.C4H4O4/c1-25(2)13-6-14-29-22-17-8-5-4-7-16(17)21(27)26(22)18-11-9-15-10-12-19(28-3)24-20(15)23-18;5-3(6)1-2-4(7)8/h4-5,7-12,22H,6,13-14H2,1-3H3;1-2H,(H,5,6)(H,7,8)/b;2-1+. The van der Waals surface area contributed by atoms with Crippen LogP contribution in [0.25, 0.3) is 11.0 Å². The maximum Gasteiger partial charge on any atom is 0.328 e. The second kappa shape index (κ2) is 12.6. The highest BCUT2D eigenvalue weighted by molar-refractivity contribution is 6.10. The van der Waals surface area contributed by atoms with E-state index in [1.807, 2.05) is 56.6 Å². The molecule has 0 saturated carbocycles. The molecule has 3 aromatic rings. The van der Waals surface area contributed by atoms with E-state index < -0.39 is 18.2 Å². The lowest BCUT2D eigenvalue weighted by Gasteiger charge is -2.25. The molecule has 0 fully saturated rings. The Balaban J connectivity index is 0.000000414. The van der Waals surface area contributed by atoms with Gasteiger partial charge in [0.25, 0.3) is 5.91 Å². The fourth-order valence-electron chi connectivity index (χ4n) is 3.61. The van der Waals surface area contributed by atoms with Crippen molar-refractivity contribution in [3.8, 4) is 5.88 Å². The molecule has 11 heteroatoms. The number of rotatable bonds is 9. The van der Waals surface area contributed by atoms with Crippen LogP contribution in [0.15, 0.2) is 60.7 Å². The summed E-state index contributed by atoms with van der Waals surface area (Å²) in [6, 6.07) is 15.0. The summed E-state index contributed by atoms with van der Waals surface area (Å²) in [5, 5.41) is 16.5. The van der Waals surface area contributed by atoms with Gasteiger partial charge in [-0.05, 0) is 51.3 Å². The number of pyridine rings is 2. The van der Waals surface area contributed by atoms with E-state index in [0.717, 1.165) is 23.9 Å². The summed E-state index contributed by atoms with van der Waals surface area (Å²) in [5.41, 5.74) is 2.03. The predicted octanol–water partition coefficient (Wildman–Crippen LogP) is 2.98. The van der Waals surface area contributed by atoms with Crippen molar-refractivity contribution in [2.24, 2.45) is 0 Å². The third-order valence-electron chi connectivity index (χ3n) is 5.27. The molecule has 3 heterocycles. The lowest BCUT2D eigenvalue weighted by Crippen LogP contribution is -2.30. The normalized spacial score (nSPS) is 14.5. The topological polar surface area (TPSA) is 142 Å². The largest absolute Gasteiger partial charge is 0.481 e. The summed E-state index contributed by atoms with van der Waals surface area (Å²) in [6.07, 6.45) is 1.49. The first-order valence-electron chi connectivity index (χ1n) is 11.4. The Bertz CT molecular complexity index is 1290. The molecular formula is C26H28N4O7. The lowest BCUT2D eigenvalue weighted by atomic mass is 10.1. The molecule has 1 aliphatic heterocycles. The quantitative estimate of drug-likeness (QED) is 0.327. The summed E-state index contributed by atoms with van der Waals surface area (Å²) in [7, 11) is 5.62. The zero-order valence-corrected chi connectivity index (χ0v) is 20.7. The molecule has 1 aliphatic rings. The molecule has 0 radical (unpaired) electrons. The van der Waals surface area contributed by atoms with Gasteiger partial charge >= 0.3 is 11.9 Å². The summed E-state index contributed by atoms with van der Waals surface area (Å²) in [5.74, 6) is -1.64. The molecule has 194 valence electrons. The third-order valence-corrected chi connectivity index (χ3v) is 5.27. The zero-order chi connectivity index (χ0) is 26.9. The smallest absolute Gasteiger partial charge is 0.328 e. The van der Waals surface area contributed by atoms with E-state index in [1.165, 1.54) is 0 Å². The fourth-order valence-corrected chi connectivity index (χ4v) is 3.61. The van der Waals surface area contributed by atoms with E-state index in [1.54, 1.807) is 18.1 Å². The van der Waals surface area contributed by atoms with Gasteiger partial charge in [0.2, 0.25) is 5.88 Å². The Hall–Kier alpha value is -4.35. The highest BCUT2D eigenvalue weighted by atomic mass is 16.5. The number of carbonyl (C=O) groups is 3. The summed E-state index contributed by atoms with van der Waals surface area (Å²) in [6.45, 7) is 1.46. The Morgan fingerprint density at radius 3 is 2.35 bits per heavy atom. The molecule has 2 N–H and O–H groups in total. The number of hydrogen-bond acceptors (Lipinski definition) is 8. The number of fused-ring (bicyclic) bond motifs is 2. The Morgan fingerprint density at radius 1 is 1.03 bits per heavy atom. The number of aromatic nitrogens is 2. The molecule has 1 amide bonds. The molecule has 37 heavy (non-hydrogen) atoms. The minimum absolute atomic E-state index is 0.118. The van der Waals surface area contributed by atoms with Crippen molar-refractivity contribution < 1.29 is 34.1 Å². The minimum atomic E-state index is -1.26. The Morgan fingerprint density at radius 2 is 1.70 bits per heavy atom. The molecule has 0 aliphatic carbocycles. The van der Waals surface area contributed by atoms with Crippen molar-refractivity contribution in [1.29, 1.82) is 0 Å². The number of carboxylic acid groups (broad SMARTS) is 2. The molecule has 0 spiro atoms. The van der Waals surface area contributed by atoms with Gasteiger partial charge in [-0.3, -0.25) is 9.69 Å². The van der Waals surface area contributed by atoms with Crippen LogP contribution >= 0.6 is 0 Å². The van der Waals surface area contributed by atoms with E-state index in [0.29, 0.717) is 41.7 Å². The second-order valence-electron chi connectivity index (χ2n) is 8.22. The molecular weight excluding hydrogens is 480 g/mol. The van der Waals surface area contributed by atoms with Gasteiger partial charge in [-0.2, -0.15) is 4.98 Å². The van der Waals surface area contributed by atoms with E-state index in [2.05, 4.69) is 14.9 Å². The van der Waals surface area contributed by atoms with Crippen LogP contribution in [-0.4, -0.2) is 77.3 Å². The van der Waals surface area contributed by atoms with Gasteiger partial charge in [0.15, 0.2) is 11.9 Å². The van der Waals surface area contributed by atoms with Crippen LogP contribution in [0.4, 0.5) is 5.82 Å². The molecule has 1 aromatic carbocycles. The van der Waals surface area contributed by atoms with Crippen LogP contribution in [-0.2, 0) is 14.3 Å². The third kappa shape index (κ3) is 7.09. The Labute approximate surface area is 213 Å². The van der Waals surface area contributed by atoms with Crippen molar-refractivity contribution in [2.75, 3.05) is 39.3 Å². The number of carboxylic acids is 2. The number of anilines is 1. The number of benzene rings is 1. The van der Waals surface area contributed by atoms with Crippen LogP contribution < -0.4 is 9.64 Å². The van der Waals surface area contributed by atoms with E-state index in [4.69, 9.17) is 19.7 Å². The number of ether oxygens (including phenoxy) is 2. The number of aliphatic carboxylic acids is 2. The highest BCUT2D eigenvalue weighted by Crippen LogP contribution is 2.38. The van der Waals surface area contributed by atoms with E-state index in [-0.39, 0.29) is 5.91 Å². The van der Waals surface area contributed by atoms with Gasteiger partial charge in [0.1, 0.15) is 5.82 Å². The summed E-state index contributed by atoms with van der Waals surface area (Å²) >= 11 is 0. The molecule has 11 nitrogen and oxygen atoms in total. The molecule has 2 aromatic heterocycles. The van der Waals surface area contributed by atoms with Crippen molar-refractivity contribution in [3.05, 3.63) is 71.8 Å². The zero-order valence-electron chi connectivity index (χ0n) is 20.7. The number of carbonyl (C=O) groups excluding carboxylic acids is 1. The molecule has 1 atom stereocenters. The van der Waals surface area contributed by atoms with Crippen LogP contribution in [0.5, 0.6) is 5.88 Å². The number of methoxy groups -OCH3 is 1. The first-order chi connectivity index (χ1) is 17.7. The van der Waals surface area contributed by atoms with Crippen molar-refractivity contribution in [1.82, 2.24) is 14.9 Å². The Kier molecular flexibility index (Phi) is 9.25. The fraction of sp³-hybridized carbons (Fsp3) is 0.269. The van der Waals surface area contributed by atoms with Gasteiger partial charge in [-0.25, -0.2) is 14.6 Å². The number of hydrogen-bond donors (Lipinski definition) is 2. The van der Waals surface area contributed by atoms with Gasteiger partial charge < -0.3 is 24.6 Å². The first-order valence-corrected chi connectivity index (χ1v) is 11.4. The van der Waals surface area contributed by atoms with Gasteiger partial charge in [0.05, 0.1) is 13.7 Å². The van der Waals surface area contributed by atoms with Gasteiger partial charge in [-0.1, -0.05) is 18.2 Å². The lowest BCUT2D eigenvalue weighted by molar-refractivity contribution is -0.134. The van der Waals surface area contributed by atoms with Crippen LogP contribution in [0.1, 0.15) is 28.6 Å². The minimum Gasteiger partial charge on any atom is -0.481 e. The summed E-state index contributed by atoms with van der Waals surface area (Å²) < 4.78 is 11.4. The van der Waals surface area contributed by atoms with Crippen LogP contribution in [0.3, 0.4) is 0 Å². The first kappa shape index (κ1) is 27.2. The summed E-state index contributed by atoms with van der Waals surface area (Å²) in [4.78, 5) is 45.0. The number of nitrogens with zero attached hydrogens (tertiary/aromatic N) is 4. The van der Waals surface area contributed by atoms with Gasteiger partial charge in [-0.15, -0.1) is 0 Å². The van der Waals surface area contributed by atoms with Crippen molar-refractivity contribution in [2.45, 2.75) is 12.6 Å². The maximum atomic E-state index is 13.2.